The standard InChI is InChI=1S/C13H13NO3/c1-9-8-12(15)14(7-6-13(16)17)11-5-3-2-4-10(9)11/h2-5,8H,6-7H2,1H3,(H,16,17)/p-1. The van der Waals surface area contributed by atoms with Crippen molar-refractivity contribution in [1.29, 1.82) is 0 Å². The van der Waals surface area contributed by atoms with E-state index in [9.17, 15) is 14.7 Å². The average molecular weight is 230 g/mol. The highest BCUT2D eigenvalue weighted by atomic mass is 16.4. The molecule has 88 valence electrons. The van der Waals surface area contributed by atoms with Crippen LogP contribution in [0.2, 0.25) is 0 Å². The lowest BCUT2D eigenvalue weighted by Crippen LogP contribution is -2.27. The second-order valence-electron chi connectivity index (χ2n) is 3.96. The Morgan fingerprint density at radius 3 is 2.76 bits per heavy atom. The van der Waals surface area contributed by atoms with Crippen LogP contribution in [-0.4, -0.2) is 10.5 Å². The third kappa shape index (κ3) is 2.20. The number of benzene rings is 1. The van der Waals surface area contributed by atoms with Gasteiger partial charge in [0.25, 0.3) is 5.56 Å². The molecule has 0 bridgehead atoms. The highest BCUT2D eigenvalue weighted by Gasteiger charge is 2.05. The molecule has 0 aliphatic rings. The van der Waals surface area contributed by atoms with Gasteiger partial charge in [0, 0.05) is 30.4 Å². The first kappa shape index (κ1) is 11.4. The Morgan fingerprint density at radius 1 is 1.35 bits per heavy atom. The summed E-state index contributed by atoms with van der Waals surface area (Å²) in [5.74, 6) is -1.15. The molecule has 0 fully saturated rings. The van der Waals surface area contributed by atoms with Gasteiger partial charge in [-0.15, -0.1) is 0 Å². The summed E-state index contributed by atoms with van der Waals surface area (Å²) in [7, 11) is 0. The predicted molar refractivity (Wildman–Crippen MR) is 62.6 cm³/mol. The van der Waals surface area contributed by atoms with Crippen molar-refractivity contribution in [2.75, 3.05) is 0 Å². The maximum atomic E-state index is 11.8. The topological polar surface area (TPSA) is 62.1 Å². The fraction of sp³-hybridized carbons (Fsp3) is 0.231. The van der Waals surface area contributed by atoms with Gasteiger partial charge in [-0.25, -0.2) is 0 Å². The van der Waals surface area contributed by atoms with Crippen molar-refractivity contribution in [2.45, 2.75) is 19.9 Å². The van der Waals surface area contributed by atoms with Crippen LogP contribution in [0.25, 0.3) is 10.9 Å². The molecule has 2 aromatic rings. The number of hydrogen-bond acceptors (Lipinski definition) is 3. The zero-order valence-electron chi connectivity index (χ0n) is 9.47. The van der Waals surface area contributed by atoms with E-state index in [0.717, 1.165) is 16.5 Å². The SMILES string of the molecule is Cc1cc(=O)n(CCC(=O)[O-])c2ccccc12. The monoisotopic (exact) mass is 230 g/mol. The molecule has 0 amide bonds. The third-order valence-corrected chi connectivity index (χ3v) is 2.77. The molecule has 0 aliphatic heterocycles. The molecule has 0 saturated heterocycles. The molecule has 4 nitrogen and oxygen atoms in total. The van der Waals surface area contributed by atoms with Gasteiger partial charge in [-0.3, -0.25) is 4.79 Å². The molecule has 1 aromatic heterocycles. The van der Waals surface area contributed by atoms with Gasteiger partial charge in [0.15, 0.2) is 0 Å². The normalized spacial score (nSPS) is 10.6. The first-order valence-electron chi connectivity index (χ1n) is 5.38. The van der Waals surface area contributed by atoms with Crippen molar-refractivity contribution >= 4 is 16.9 Å². The number of carbonyl (C=O) groups excluding carboxylic acids is 1. The maximum absolute atomic E-state index is 11.8. The second-order valence-corrected chi connectivity index (χ2v) is 3.96. The smallest absolute Gasteiger partial charge is 0.251 e. The molecule has 1 aromatic carbocycles. The van der Waals surface area contributed by atoms with Crippen molar-refractivity contribution in [3.8, 4) is 0 Å². The molecule has 4 heteroatoms. The molecule has 0 aliphatic carbocycles. The molecule has 0 spiro atoms. The second kappa shape index (κ2) is 4.41. The van der Waals surface area contributed by atoms with Crippen LogP contribution in [0.15, 0.2) is 35.1 Å². The first-order chi connectivity index (χ1) is 8.09. The van der Waals surface area contributed by atoms with E-state index in [1.165, 1.54) is 10.6 Å². The average Bonchev–Trinajstić information content (AvgIpc) is 2.28. The number of nitrogens with zero attached hydrogens (tertiary/aromatic N) is 1. The zero-order chi connectivity index (χ0) is 12.4. The van der Waals surface area contributed by atoms with E-state index < -0.39 is 5.97 Å². The van der Waals surface area contributed by atoms with Crippen LogP contribution in [0.4, 0.5) is 0 Å². The van der Waals surface area contributed by atoms with Crippen molar-refractivity contribution in [3.63, 3.8) is 0 Å². The summed E-state index contributed by atoms with van der Waals surface area (Å²) in [5.41, 5.74) is 1.48. The highest BCUT2D eigenvalue weighted by molar-refractivity contribution is 5.82. The minimum Gasteiger partial charge on any atom is -0.550 e. The number of aryl methyl sites for hydroxylation is 2. The molecule has 0 saturated carbocycles. The Morgan fingerprint density at radius 2 is 2.06 bits per heavy atom. The van der Waals surface area contributed by atoms with Crippen molar-refractivity contribution in [3.05, 3.63) is 46.2 Å². The lowest BCUT2D eigenvalue weighted by Gasteiger charge is -2.11. The lowest BCUT2D eigenvalue weighted by atomic mass is 10.1. The number of carbonyl (C=O) groups is 1. The Labute approximate surface area is 98.1 Å². The zero-order valence-corrected chi connectivity index (χ0v) is 9.47. The molecular formula is C13H12NO3-. The van der Waals surface area contributed by atoms with Crippen LogP contribution in [0.3, 0.4) is 0 Å². The van der Waals surface area contributed by atoms with Gasteiger partial charge in [0.05, 0.1) is 5.52 Å². The summed E-state index contributed by atoms with van der Waals surface area (Å²) in [5, 5.41) is 11.4. The quantitative estimate of drug-likeness (QED) is 0.769. The van der Waals surface area contributed by atoms with Gasteiger partial charge >= 0.3 is 0 Å². The number of rotatable bonds is 3. The van der Waals surface area contributed by atoms with Gasteiger partial charge < -0.3 is 14.5 Å². The largest absolute Gasteiger partial charge is 0.550 e. The van der Waals surface area contributed by atoms with E-state index >= 15 is 0 Å². The van der Waals surface area contributed by atoms with Gasteiger partial charge in [-0.2, -0.15) is 0 Å². The lowest BCUT2D eigenvalue weighted by molar-refractivity contribution is -0.305. The molecule has 2 rings (SSSR count). The van der Waals surface area contributed by atoms with E-state index in [4.69, 9.17) is 0 Å². The number of carboxylic acid groups (broad SMARTS) is 1. The van der Waals surface area contributed by atoms with Crippen LogP contribution in [0.5, 0.6) is 0 Å². The maximum Gasteiger partial charge on any atom is 0.251 e. The van der Waals surface area contributed by atoms with Gasteiger partial charge in [0.2, 0.25) is 0 Å². The molecule has 17 heavy (non-hydrogen) atoms. The Hall–Kier alpha value is -2.10. The summed E-state index contributed by atoms with van der Waals surface area (Å²) in [6, 6.07) is 8.98. The van der Waals surface area contributed by atoms with Gasteiger partial charge in [-0.05, 0) is 18.6 Å². The summed E-state index contributed by atoms with van der Waals surface area (Å²) < 4.78 is 1.47. The van der Waals surface area contributed by atoms with Crippen LogP contribution >= 0.6 is 0 Å². The minimum atomic E-state index is -1.15. The van der Waals surface area contributed by atoms with Crippen molar-refractivity contribution in [2.24, 2.45) is 0 Å². The van der Waals surface area contributed by atoms with Crippen LogP contribution in [0, 0.1) is 6.92 Å². The molecule has 0 N–H and O–H groups in total. The van der Waals surface area contributed by atoms with E-state index in [1.54, 1.807) is 0 Å². The third-order valence-electron chi connectivity index (χ3n) is 2.77. The molecule has 0 atom stereocenters. The fourth-order valence-corrected chi connectivity index (χ4v) is 1.94. The van der Waals surface area contributed by atoms with Gasteiger partial charge in [0.1, 0.15) is 0 Å². The molecule has 0 radical (unpaired) electrons. The number of aliphatic carboxylic acids is 1. The Balaban J connectivity index is 2.61. The number of para-hydroxylation sites is 1. The number of fused-ring (bicyclic) bond motifs is 1. The van der Waals surface area contributed by atoms with E-state index in [1.807, 2.05) is 31.2 Å². The molecule has 0 unspecified atom stereocenters. The van der Waals surface area contributed by atoms with Crippen LogP contribution < -0.4 is 10.7 Å². The predicted octanol–water partition coefficient (Wildman–Crippen LogP) is 0.450. The van der Waals surface area contributed by atoms with E-state index in [2.05, 4.69) is 0 Å². The van der Waals surface area contributed by atoms with E-state index in [-0.39, 0.29) is 18.5 Å². The highest BCUT2D eigenvalue weighted by Crippen LogP contribution is 2.15. The number of hydrogen-bond donors (Lipinski definition) is 0. The minimum absolute atomic E-state index is 0.141. The summed E-state index contributed by atoms with van der Waals surface area (Å²) >= 11 is 0. The first-order valence-corrected chi connectivity index (χ1v) is 5.38. The number of pyridine rings is 1. The summed E-state index contributed by atoms with van der Waals surface area (Å²) in [4.78, 5) is 22.3. The van der Waals surface area contributed by atoms with Crippen molar-refractivity contribution in [1.82, 2.24) is 4.57 Å². The Bertz CT molecular complexity index is 628. The van der Waals surface area contributed by atoms with Crippen molar-refractivity contribution < 1.29 is 9.90 Å². The number of aromatic nitrogens is 1. The van der Waals surface area contributed by atoms with E-state index in [0.29, 0.717) is 0 Å². The molecule has 1 heterocycles. The number of carboxylic acids is 1. The fourth-order valence-electron chi connectivity index (χ4n) is 1.94. The van der Waals surface area contributed by atoms with Crippen LogP contribution in [0.1, 0.15) is 12.0 Å². The Kier molecular flexibility index (Phi) is 2.95. The molecular weight excluding hydrogens is 218 g/mol. The summed E-state index contributed by atoms with van der Waals surface area (Å²) in [6.07, 6.45) is -0.160. The van der Waals surface area contributed by atoms with Crippen LogP contribution in [-0.2, 0) is 11.3 Å². The van der Waals surface area contributed by atoms with Gasteiger partial charge in [-0.1, -0.05) is 18.2 Å². The summed E-state index contributed by atoms with van der Waals surface area (Å²) in [6.45, 7) is 2.01.